The maximum Gasteiger partial charge on any atom is 0.271 e. The maximum absolute atomic E-state index is 5.97. The second-order valence-corrected chi connectivity index (χ2v) is 5.84. The fourth-order valence-corrected chi connectivity index (χ4v) is 2.31. The van der Waals surface area contributed by atoms with Gasteiger partial charge in [-0.3, -0.25) is 0 Å². The van der Waals surface area contributed by atoms with Crippen LogP contribution in [0, 0.1) is 0 Å². The molecule has 0 saturated carbocycles. The van der Waals surface area contributed by atoms with Crippen molar-refractivity contribution < 1.29 is 9.26 Å². The summed E-state index contributed by atoms with van der Waals surface area (Å²) in [5.41, 5.74) is 6.83. The lowest BCUT2D eigenvalue weighted by molar-refractivity contribution is 0.0665. The van der Waals surface area contributed by atoms with Crippen LogP contribution < -0.4 is 5.73 Å². The lowest BCUT2D eigenvalue weighted by Crippen LogP contribution is -2.20. The van der Waals surface area contributed by atoms with Crippen LogP contribution in [-0.2, 0) is 4.74 Å². The van der Waals surface area contributed by atoms with Crippen LogP contribution >= 0.6 is 11.5 Å². The highest BCUT2D eigenvalue weighted by Crippen LogP contribution is 2.29. The van der Waals surface area contributed by atoms with Gasteiger partial charge in [-0.05, 0) is 31.3 Å². The first kappa shape index (κ1) is 15.0. The van der Waals surface area contributed by atoms with Crippen molar-refractivity contribution in [2.45, 2.75) is 45.8 Å². The number of ether oxygens (including phenoxy) is 1. The molecule has 0 aliphatic heterocycles. The molecule has 0 radical (unpaired) electrons. The molecule has 2 aromatic rings. The fraction of sp³-hybridized carbons (Fsp3) is 0.667. The van der Waals surface area contributed by atoms with Crippen molar-refractivity contribution >= 4 is 11.5 Å². The zero-order chi connectivity index (χ0) is 14.7. The Morgan fingerprint density at radius 1 is 1.30 bits per heavy atom. The van der Waals surface area contributed by atoms with E-state index in [4.69, 9.17) is 15.0 Å². The zero-order valence-corrected chi connectivity index (χ0v) is 12.8. The summed E-state index contributed by atoms with van der Waals surface area (Å²) in [6.07, 6.45) is 0.116. The first-order valence-corrected chi connectivity index (χ1v) is 7.29. The third-order valence-corrected chi connectivity index (χ3v) is 3.37. The Kier molecular flexibility index (Phi) is 4.79. The first-order chi connectivity index (χ1) is 9.49. The largest absolute Gasteiger partial charge is 0.377 e. The minimum absolute atomic E-state index is 0.116. The molecule has 0 aliphatic carbocycles. The van der Waals surface area contributed by atoms with Crippen molar-refractivity contribution in [2.75, 3.05) is 6.61 Å². The van der Waals surface area contributed by atoms with Crippen molar-refractivity contribution in [2.24, 2.45) is 5.73 Å². The fourth-order valence-electron chi connectivity index (χ4n) is 1.57. The van der Waals surface area contributed by atoms with E-state index in [1.807, 2.05) is 27.7 Å². The van der Waals surface area contributed by atoms with Crippen LogP contribution in [0.4, 0.5) is 0 Å². The zero-order valence-electron chi connectivity index (χ0n) is 12.0. The Labute approximate surface area is 121 Å². The van der Waals surface area contributed by atoms with Gasteiger partial charge in [0.15, 0.2) is 5.82 Å². The number of rotatable bonds is 6. The number of nitrogens with two attached hydrogens (primary N) is 1. The Morgan fingerprint density at radius 3 is 2.70 bits per heavy atom. The van der Waals surface area contributed by atoms with E-state index in [0.29, 0.717) is 18.3 Å². The molecule has 0 bridgehead atoms. The van der Waals surface area contributed by atoms with E-state index in [9.17, 15) is 0 Å². The molecule has 2 heterocycles. The molecule has 20 heavy (non-hydrogen) atoms. The summed E-state index contributed by atoms with van der Waals surface area (Å²) in [6, 6.07) is -0.404. The smallest absolute Gasteiger partial charge is 0.271 e. The topological polar surface area (TPSA) is 100.0 Å². The highest BCUT2D eigenvalue weighted by atomic mass is 32.1. The van der Waals surface area contributed by atoms with Crippen LogP contribution in [0.3, 0.4) is 0 Å². The average Bonchev–Trinajstić information content (AvgIpc) is 3.03. The Bertz CT molecular complexity index is 552. The monoisotopic (exact) mass is 297 g/mol. The third kappa shape index (κ3) is 3.38. The van der Waals surface area contributed by atoms with Crippen LogP contribution in [0.1, 0.15) is 51.2 Å². The molecule has 1 unspecified atom stereocenters. The van der Waals surface area contributed by atoms with Crippen molar-refractivity contribution in [1.29, 1.82) is 0 Å². The van der Waals surface area contributed by atoms with E-state index in [1.54, 1.807) is 0 Å². The average molecular weight is 297 g/mol. The van der Waals surface area contributed by atoms with E-state index in [1.165, 1.54) is 11.5 Å². The van der Waals surface area contributed by atoms with Crippen molar-refractivity contribution in [1.82, 2.24) is 19.7 Å². The van der Waals surface area contributed by atoms with Crippen molar-refractivity contribution in [3.05, 3.63) is 11.5 Å². The third-order valence-electron chi connectivity index (χ3n) is 2.64. The first-order valence-electron chi connectivity index (χ1n) is 6.52. The molecule has 0 amide bonds. The van der Waals surface area contributed by atoms with Gasteiger partial charge in [-0.15, -0.1) is 5.10 Å². The Morgan fingerprint density at radius 2 is 2.05 bits per heavy atom. The highest BCUT2D eigenvalue weighted by molar-refractivity contribution is 7.09. The molecule has 0 saturated heterocycles. The normalized spacial score (nSPS) is 13.3. The van der Waals surface area contributed by atoms with Gasteiger partial charge in [0, 0.05) is 0 Å². The number of nitrogens with zero attached hydrogens (tertiary/aromatic N) is 4. The molecule has 110 valence electrons. The predicted molar refractivity (Wildman–Crippen MR) is 75.3 cm³/mol. The van der Waals surface area contributed by atoms with Gasteiger partial charge in [0.25, 0.3) is 5.89 Å². The van der Waals surface area contributed by atoms with Gasteiger partial charge in [-0.2, -0.15) is 4.98 Å². The standard InChI is InChI=1S/C12H19N5O2S/c1-6(2)9-10(20-17-15-9)12-14-11(16-19-12)8(13)5-18-7(3)4/h6-8H,5,13H2,1-4H3. The second kappa shape index (κ2) is 6.38. The van der Waals surface area contributed by atoms with Gasteiger partial charge in [0.1, 0.15) is 4.88 Å². The van der Waals surface area contributed by atoms with Crippen LogP contribution in [0.2, 0.25) is 0 Å². The van der Waals surface area contributed by atoms with E-state index in [0.717, 1.165) is 10.6 Å². The predicted octanol–water partition coefficient (Wildman–Crippen LogP) is 2.14. The molecule has 2 aromatic heterocycles. The minimum Gasteiger partial charge on any atom is -0.377 e. The van der Waals surface area contributed by atoms with Gasteiger partial charge < -0.3 is 15.0 Å². The SMILES string of the molecule is CC(C)OCC(N)c1noc(-c2snnc2C(C)C)n1. The van der Waals surface area contributed by atoms with E-state index in [2.05, 4.69) is 19.7 Å². The lowest BCUT2D eigenvalue weighted by atomic mass is 10.1. The summed E-state index contributed by atoms with van der Waals surface area (Å²) >= 11 is 1.24. The van der Waals surface area contributed by atoms with E-state index < -0.39 is 6.04 Å². The summed E-state index contributed by atoms with van der Waals surface area (Å²) in [5, 5.41) is 8.00. The van der Waals surface area contributed by atoms with Gasteiger partial charge in [0.05, 0.1) is 24.4 Å². The molecule has 1 atom stereocenters. The molecule has 2 rings (SSSR count). The van der Waals surface area contributed by atoms with Crippen LogP contribution in [-0.4, -0.2) is 32.4 Å². The Hall–Kier alpha value is -1.38. The summed E-state index contributed by atoms with van der Waals surface area (Å²) < 4.78 is 14.7. The molecule has 7 nitrogen and oxygen atoms in total. The van der Waals surface area contributed by atoms with Crippen LogP contribution in [0.5, 0.6) is 0 Å². The number of hydrogen-bond donors (Lipinski definition) is 1. The van der Waals surface area contributed by atoms with Crippen molar-refractivity contribution in [3.63, 3.8) is 0 Å². The van der Waals surface area contributed by atoms with Crippen LogP contribution in [0.25, 0.3) is 10.8 Å². The minimum atomic E-state index is -0.404. The molecular formula is C12H19N5O2S. The van der Waals surface area contributed by atoms with Crippen molar-refractivity contribution in [3.8, 4) is 10.8 Å². The lowest BCUT2D eigenvalue weighted by Gasteiger charge is -2.10. The molecule has 8 heteroatoms. The number of hydrogen-bond acceptors (Lipinski definition) is 8. The molecule has 0 aliphatic rings. The van der Waals surface area contributed by atoms with Crippen LogP contribution in [0.15, 0.2) is 4.52 Å². The quantitative estimate of drug-likeness (QED) is 0.871. The Balaban J connectivity index is 2.14. The molecule has 0 spiro atoms. The van der Waals surface area contributed by atoms with Gasteiger partial charge >= 0.3 is 0 Å². The summed E-state index contributed by atoms with van der Waals surface area (Å²) in [4.78, 5) is 5.12. The highest BCUT2D eigenvalue weighted by Gasteiger charge is 2.21. The van der Waals surface area contributed by atoms with Gasteiger partial charge in [0.2, 0.25) is 0 Å². The summed E-state index contributed by atoms with van der Waals surface area (Å²) in [5.74, 6) is 1.10. The summed E-state index contributed by atoms with van der Waals surface area (Å²) in [7, 11) is 0. The molecule has 2 N–H and O–H groups in total. The summed E-state index contributed by atoms with van der Waals surface area (Å²) in [6.45, 7) is 8.34. The van der Waals surface area contributed by atoms with Gasteiger partial charge in [-0.25, -0.2) is 0 Å². The molecule has 0 fully saturated rings. The molecule has 0 aromatic carbocycles. The second-order valence-electron chi connectivity index (χ2n) is 5.09. The molecular weight excluding hydrogens is 278 g/mol. The van der Waals surface area contributed by atoms with E-state index >= 15 is 0 Å². The van der Waals surface area contributed by atoms with Gasteiger partial charge in [-0.1, -0.05) is 23.5 Å². The number of aromatic nitrogens is 4. The maximum atomic E-state index is 5.97. The van der Waals surface area contributed by atoms with E-state index in [-0.39, 0.29) is 12.0 Å².